The molecule has 0 saturated carbocycles. The third kappa shape index (κ3) is 34.1. The van der Waals surface area contributed by atoms with Crippen molar-refractivity contribution in [3.05, 3.63) is 24.3 Å². The van der Waals surface area contributed by atoms with Crippen LogP contribution in [0.15, 0.2) is 24.3 Å². The maximum absolute atomic E-state index is 6.50. The first kappa shape index (κ1) is 48.2. The van der Waals surface area contributed by atoms with Gasteiger partial charge in [-0.05, 0) is 63.5 Å². The molecule has 0 saturated heterocycles. The Morgan fingerprint density at radius 2 is 0.673 bits per heavy atom. The van der Waals surface area contributed by atoms with Crippen LogP contribution >= 0.6 is 0 Å². The third-order valence-corrected chi connectivity index (χ3v) is 8.08. The maximum atomic E-state index is 6.50. The van der Waals surface area contributed by atoms with Crippen molar-refractivity contribution in [2.45, 2.75) is 208 Å². The summed E-state index contributed by atoms with van der Waals surface area (Å²) in [7, 11) is 0. The largest absolute Gasteiger partial charge is 0.353 e. The van der Waals surface area contributed by atoms with Crippen LogP contribution in [0.2, 0.25) is 0 Å². The zero-order valence-corrected chi connectivity index (χ0v) is 33.3. The summed E-state index contributed by atoms with van der Waals surface area (Å²) >= 11 is 0. The molecule has 0 N–H and O–H groups in total. The molecule has 2 unspecified atom stereocenters. The summed E-state index contributed by atoms with van der Waals surface area (Å²) in [6, 6.07) is 0. The van der Waals surface area contributed by atoms with Crippen molar-refractivity contribution in [3.63, 3.8) is 0 Å². The van der Waals surface area contributed by atoms with Gasteiger partial charge < -0.3 is 33.2 Å². The quantitative estimate of drug-likeness (QED) is 0.0358. The molecular weight excluding hydrogens is 616 g/mol. The van der Waals surface area contributed by atoms with Gasteiger partial charge in [-0.1, -0.05) is 131 Å². The summed E-state index contributed by atoms with van der Waals surface area (Å²) in [6.07, 6.45) is 31.7. The maximum Gasteiger partial charge on any atom is 0.180 e. The Kier molecular flexibility index (Phi) is 39.3. The number of hydrogen-bond acceptors (Lipinski definition) is 7. The van der Waals surface area contributed by atoms with Crippen molar-refractivity contribution < 1.29 is 33.2 Å². The Morgan fingerprint density at radius 1 is 0.347 bits per heavy atom. The van der Waals surface area contributed by atoms with Crippen LogP contribution in [-0.2, 0) is 33.2 Å². The van der Waals surface area contributed by atoms with Gasteiger partial charge in [0.2, 0.25) is 0 Å². The molecular formula is C42H82O7. The Bertz CT molecular complexity index is 614. The first-order valence-corrected chi connectivity index (χ1v) is 20.8. The van der Waals surface area contributed by atoms with E-state index in [1.54, 1.807) is 0 Å². The zero-order chi connectivity index (χ0) is 35.9. The fourth-order valence-corrected chi connectivity index (χ4v) is 5.24. The lowest BCUT2D eigenvalue weighted by molar-refractivity contribution is -0.208. The number of ether oxygens (including phenoxy) is 7. The fourth-order valence-electron chi connectivity index (χ4n) is 5.24. The molecule has 2 atom stereocenters. The lowest BCUT2D eigenvalue weighted by Crippen LogP contribution is -2.25. The molecule has 0 aromatic carbocycles. The average Bonchev–Trinajstić information content (AvgIpc) is 3.11. The highest BCUT2D eigenvalue weighted by Gasteiger charge is 2.15. The molecule has 0 spiro atoms. The predicted octanol–water partition coefficient (Wildman–Crippen LogP) is 12.2. The van der Waals surface area contributed by atoms with Crippen LogP contribution < -0.4 is 0 Å². The monoisotopic (exact) mass is 699 g/mol. The van der Waals surface area contributed by atoms with Crippen LogP contribution in [0.3, 0.4) is 0 Å². The molecule has 0 rings (SSSR count). The van der Waals surface area contributed by atoms with Crippen molar-refractivity contribution in [2.75, 3.05) is 39.6 Å². The van der Waals surface area contributed by atoms with Gasteiger partial charge >= 0.3 is 0 Å². The van der Waals surface area contributed by atoms with E-state index in [1.165, 1.54) is 77.0 Å². The summed E-state index contributed by atoms with van der Waals surface area (Å²) in [5, 5.41) is 0. The van der Waals surface area contributed by atoms with E-state index in [1.807, 2.05) is 12.2 Å². The van der Waals surface area contributed by atoms with Gasteiger partial charge in [-0.3, -0.25) is 0 Å². The van der Waals surface area contributed by atoms with Crippen LogP contribution in [0.25, 0.3) is 0 Å². The molecule has 49 heavy (non-hydrogen) atoms. The second-order valence-electron chi connectivity index (χ2n) is 13.2. The van der Waals surface area contributed by atoms with Gasteiger partial charge in [0.1, 0.15) is 0 Å². The molecule has 0 amide bonds. The Balaban J connectivity index is 5.40. The molecule has 0 heterocycles. The summed E-state index contributed by atoms with van der Waals surface area (Å²) < 4.78 is 42.9. The van der Waals surface area contributed by atoms with E-state index in [9.17, 15) is 0 Å². The van der Waals surface area contributed by atoms with E-state index in [4.69, 9.17) is 33.2 Å². The summed E-state index contributed by atoms with van der Waals surface area (Å²) in [4.78, 5) is 0. The minimum Gasteiger partial charge on any atom is -0.353 e. The van der Waals surface area contributed by atoms with Gasteiger partial charge in [-0.2, -0.15) is 0 Å². The van der Waals surface area contributed by atoms with E-state index in [0.29, 0.717) is 39.6 Å². The molecule has 0 aromatic rings. The van der Waals surface area contributed by atoms with Gasteiger partial charge in [0.15, 0.2) is 25.2 Å². The first-order valence-electron chi connectivity index (χ1n) is 20.8. The normalized spacial score (nSPS) is 13.6. The van der Waals surface area contributed by atoms with Crippen molar-refractivity contribution >= 4 is 0 Å². The minimum atomic E-state index is -0.483. The topological polar surface area (TPSA) is 64.6 Å². The zero-order valence-electron chi connectivity index (χ0n) is 33.3. The lowest BCUT2D eigenvalue weighted by atomic mass is 10.1. The summed E-state index contributed by atoms with van der Waals surface area (Å²) in [6.45, 7) is 17.2. The molecule has 0 aliphatic heterocycles. The standard InChI is InChI=1S/C42H82O7/c1-7-13-15-17-19-21-27-37-47-41(31-25-23-29-39(43-33-9-3)44-34-10-4)49-42(48-38-28-22-20-18-16-14-8-2)32-26-24-30-40(45-35-11-5)46-36-12-6/h25-26,31-32,39-42H,7-24,27-30,33-38H2,1-6H3. The first-order chi connectivity index (χ1) is 24.1. The third-order valence-electron chi connectivity index (χ3n) is 8.08. The molecule has 0 aliphatic carbocycles. The van der Waals surface area contributed by atoms with Gasteiger partial charge in [-0.25, -0.2) is 0 Å². The molecule has 0 radical (unpaired) electrons. The van der Waals surface area contributed by atoms with Crippen molar-refractivity contribution in [3.8, 4) is 0 Å². The smallest absolute Gasteiger partial charge is 0.180 e. The van der Waals surface area contributed by atoms with Crippen LogP contribution in [0, 0.1) is 0 Å². The van der Waals surface area contributed by atoms with Gasteiger partial charge in [0.25, 0.3) is 0 Å². The molecule has 0 bridgehead atoms. The Hall–Kier alpha value is -0.800. The molecule has 7 nitrogen and oxygen atoms in total. The van der Waals surface area contributed by atoms with Crippen molar-refractivity contribution in [1.29, 1.82) is 0 Å². The molecule has 0 aliphatic rings. The molecule has 0 aromatic heterocycles. The Labute approximate surface area is 304 Å². The highest BCUT2D eigenvalue weighted by molar-refractivity contribution is 4.90. The lowest BCUT2D eigenvalue weighted by Gasteiger charge is -2.22. The Morgan fingerprint density at radius 3 is 1.00 bits per heavy atom. The molecule has 0 fully saturated rings. The SMILES string of the molecule is CCCCCCCCCOC(C=CCCC(OCCC)OCCC)OC(C=CCCC(OCCC)OCCC)OCCCCCCCCC. The predicted molar refractivity (Wildman–Crippen MR) is 206 cm³/mol. The highest BCUT2D eigenvalue weighted by Crippen LogP contribution is 2.15. The number of unbranched alkanes of at least 4 members (excludes halogenated alkanes) is 12. The highest BCUT2D eigenvalue weighted by atomic mass is 16.8. The minimum absolute atomic E-state index is 0.176. The summed E-state index contributed by atoms with van der Waals surface area (Å²) in [5.41, 5.74) is 0. The van der Waals surface area contributed by atoms with Gasteiger partial charge in [0, 0.05) is 39.3 Å². The van der Waals surface area contributed by atoms with Crippen molar-refractivity contribution in [1.82, 2.24) is 0 Å². The van der Waals surface area contributed by atoms with Crippen LogP contribution in [-0.4, -0.2) is 64.8 Å². The molecule has 292 valence electrons. The van der Waals surface area contributed by atoms with E-state index in [2.05, 4.69) is 53.7 Å². The number of hydrogen-bond donors (Lipinski definition) is 0. The second kappa shape index (κ2) is 40.0. The fraction of sp³-hybridized carbons (Fsp3) is 0.905. The van der Waals surface area contributed by atoms with E-state index < -0.39 is 12.6 Å². The van der Waals surface area contributed by atoms with Crippen molar-refractivity contribution in [2.24, 2.45) is 0 Å². The van der Waals surface area contributed by atoms with Gasteiger partial charge in [0.05, 0.1) is 13.2 Å². The van der Waals surface area contributed by atoms with Crippen LogP contribution in [0.1, 0.15) is 183 Å². The van der Waals surface area contributed by atoms with Crippen LogP contribution in [0.4, 0.5) is 0 Å². The summed E-state index contributed by atoms with van der Waals surface area (Å²) in [5.74, 6) is 0. The van der Waals surface area contributed by atoms with E-state index in [-0.39, 0.29) is 12.6 Å². The second-order valence-corrected chi connectivity index (χ2v) is 13.2. The van der Waals surface area contributed by atoms with E-state index >= 15 is 0 Å². The van der Waals surface area contributed by atoms with Crippen LogP contribution in [0.5, 0.6) is 0 Å². The number of allylic oxidation sites excluding steroid dienone is 2. The molecule has 7 heteroatoms. The number of rotatable bonds is 40. The van der Waals surface area contributed by atoms with E-state index in [0.717, 1.165) is 64.2 Å². The average molecular weight is 699 g/mol. The van der Waals surface area contributed by atoms with Gasteiger partial charge in [-0.15, -0.1) is 0 Å².